The zero-order chi connectivity index (χ0) is 24.5. The number of rotatable bonds is 6. The first kappa shape index (κ1) is 21.9. The highest BCUT2D eigenvalue weighted by atomic mass is 16.7. The predicted molar refractivity (Wildman–Crippen MR) is 142 cm³/mol. The average molecular weight is 477 g/mol. The molecule has 5 heteroatoms. The van der Waals surface area contributed by atoms with Gasteiger partial charge in [-0.05, 0) is 83.4 Å². The minimum Gasteiger partial charge on any atom is -0.497 e. The van der Waals surface area contributed by atoms with Crippen LogP contribution in [0.4, 0.5) is 0 Å². The topological polar surface area (TPSA) is 50.1 Å². The summed E-state index contributed by atoms with van der Waals surface area (Å²) in [5.74, 6) is 3.97. The van der Waals surface area contributed by atoms with Crippen molar-refractivity contribution in [3.05, 3.63) is 96.1 Å². The van der Waals surface area contributed by atoms with E-state index in [2.05, 4.69) is 24.3 Å². The molecule has 0 N–H and O–H groups in total. The first-order chi connectivity index (χ1) is 17.7. The number of fused-ring (bicyclic) bond motifs is 2. The number of ether oxygens (including phenoxy) is 4. The van der Waals surface area contributed by atoms with Crippen molar-refractivity contribution in [2.45, 2.75) is 0 Å². The zero-order valence-electron chi connectivity index (χ0n) is 20.0. The molecule has 5 aromatic rings. The maximum atomic E-state index is 6.39. The second-order valence-electron chi connectivity index (χ2n) is 8.46. The minimum absolute atomic E-state index is 0.255. The molecule has 0 bridgehead atoms. The summed E-state index contributed by atoms with van der Waals surface area (Å²) in [4.78, 5) is 0. The Balaban J connectivity index is 1.47. The molecule has 0 saturated heterocycles. The van der Waals surface area contributed by atoms with Gasteiger partial charge in [-0.3, -0.25) is 0 Å². The second-order valence-corrected chi connectivity index (χ2v) is 8.46. The summed E-state index contributed by atoms with van der Waals surface area (Å²) in [6.45, 7) is 0.255. The zero-order valence-corrected chi connectivity index (χ0v) is 20.0. The first-order valence-corrected chi connectivity index (χ1v) is 11.6. The lowest BCUT2D eigenvalue weighted by molar-refractivity contribution is 0.174. The van der Waals surface area contributed by atoms with Crippen LogP contribution in [0.15, 0.2) is 89.3 Å². The fraction of sp³-hybridized carbons (Fsp3) is 0.0968. The van der Waals surface area contributed by atoms with Crippen molar-refractivity contribution in [1.29, 1.82) is 0 Å². The van der Waals surface area contributed by atoms with Crippen LogP contribution in [0.3, 0.4) is 0 Å². The van der Waals surface area contributed by atoms with E-state index in [0.717, 1.165) is 67.5 Å². The van der Waals surface area contributed by atoms with E-state index < -0.39 is 0 Å². The fourth-order valence-electron chi connectivity index (χ4n) is 4.39. The summed E-state index contributed by atoms with van der Waals surface area (Å²) in [6, 6.07) is 28.1. The smallest absolute Gasteiger partial charge is 0.231 e. The van der Waals surface area contributed by atoms with E-state index in [0.29, 0.717) is 0 Å². The highest BCUT2D eigenvalue weighted by Gasteiger charge is 2.17. The molecule has 0 atom stereocenters. The number of benzene rings is 4. The Morgan fingerprint density at radius 3 is 2.03 bits per heavy atom. The quantitative estimate of drug-likeness (QED) is 0.251. The van der Waals surface area contributed by atoms with Crippen molar-refractivity contribution in [3.8, 4) is 45.4 Å². The van der Waals surface area contributed by atoms with Crippen molar-refractivity contribution in [2.75, 3.05) is 21.0 Å². The normalized spacial score (nSPS) is 12.4. The summed E-state index contributed by atoms with van der Waals surface area (Å²) in [6.07, 6.45) is 4.20. The van der Waals surface area contributed by atoms with E-state index in [9.17, 15) is 0 Å². The number of methoxy groups -OCH3 is 2. The SMILES string of the molecule is COc1ccc(/C=C/c2c(-c3ccc(OC)cc3)oc3ccc(-c4ccc5c(c4)OCO5)cc23)cc1. The summed E-state index contributed by atoms with van der Waals surface area (Å²) in [5.41, 5.74) is 6.00. The molecule has 178 valence electrons. The molecule has 36 heavy (non-hydrogen) atoms. The van der Waals surface area contributed by atoms with Crippen molar-refractivity contribution in [1.82, 2.24) is 0 Å². The Labute approximate surface area is 209 Å². The van der Waals surface area contributed by atoms with Crippen LogP contribution < -0.4 is 18.9 Å². The molecular weight excluding hydrogens is 452 g/mol. The van der Waals surface area contributed by atoms with Crippen LogP contribution in [-0.4, -0.2) is 21.0 Å². The minimum atomic E-state index is 0.255. The van der Waals surface area contributed by atoms with Crippen molar-refractivity contribution >= 4 is 23.1 Å². The van der Waals surface area contributed by atoms with E-state index in [1.54, 1.807) is 14.2 Å². The second kappa shape index (κ2) is 9.19. The van der Waals surface area contributed by atoms with Gasteiger partial charge in [0.2, 0.25) is 6.79 Å². The molecule has 4 aromatic carbocycles. The lowest BCUT2D eigenvalue weighted by atomic mass is 9.99. The predicted octanol–water partition coefficient (Wildman–Crippen LogP) is 7.68. The summed E-state index contributed by atoms with van der Waals surface area (Å²) in [5, 5.41) is 1.03. The Morgan fingerprint density at radius 2 is 1.28 bits per heavy atom. The Morgan fingerprint density at radius 1 is 0.639 bits per heavy atom. The fourth-order valence-corrected chi connectivity index (χ4v) is 4.39. The maximum Gasteiger partial charge on any atom is 0.231 e. The van der Waals surface area contributed by atoms with E-state index >= 15 is 0 Å². The molecule has 0 unspecified atom stereocenters. The van der Waals surface area contributed by atoms with E-state index in [-0.39, 0.29) is 6.79 Å². The van der Waals surface area contributed by atoms with Gasteiger partial charge in [0.25, 0.3) is 0 Å². The Bertz CT molecular complexity index is 1560. The third kappa shape index (κ3) is 4.05. The van der Waals surface area contributed by atoms with Crippen LogP contribution in [0.25, 0.3) is 45.6 Å². The molecule has 1 aromatic heterocycles. The molecule has 2 heterocycles. The molecule has 6 rings (SSSR count). The van der Waals surface area contributed by atoms with Gasteiger partial charge in [-0.1, -0.05) is 30.3 Å². The first-order valence-electron chi connectivity index (χ1n) is 11.6. The lowest BCUT2D eigenvalue weighted by Crippen LogP contribution is -1.92. The van der Waals surface area contributed by atoms with Crippen LogP contribution in [0.5, 0.6) is 23.0 Å². The third-order valence-electron chi connectivity index (χ3n) is 6.34. The molecular formula is C31H24O5. The number of hydrogen-bond donors (Lipinski definition) is 0. The van der Waals surface area contributed by atoms with Crippen LogP contribution in [0, 0.1) is 0 Å². The standard InChI is InChI=1S/C31H24O5/c1-32-24-10-3-20(4-11-24)5-14-26-27-17-22(23-9-16-29-30(18-23)35-19-34-29)8-15-28(27)36-31(26)21-6-12-25(33-2)13-7-21/h3-18H,19H2,1-2H3/b14-5+. The maximum absolute atomic E-state index is 6.39. The molecule has 1 aliphatic rings. The van der Waals surface area contributed by atoms with Crippen molar-refractivity contribution in [2.24, 2.45) is 0 Å². The highest BCUT2D eigenvalue weighted by molar-refractivity contribution is 5.98. The molecule has 0 spiro atoms. The van der Waals surface area contributed by atoms with Crippen LogP contribution in [0.1, 0.15) is 11.1 Å². The van der Waals surface area contributed by atoms with Crippen molar-refractivity contribution < 1.29 is 23.4 Å². The van der Waals surface area contributed by atoms with Gasteiger partial charge in [0, 0.05) is 16.5 Å². The number of furan rings is 1. The van der Waals surface area contributed by atoms with Crippen molar-refractivity contribution in [3.63, 3.8) is 0 Å². The Kier molecular flexibility index (Phi) is 5.58. The van der Waals surface area contributed by atoms with E-state index in [1.165, 1.54) is 0 Å². The average Bonchev–Trinajstić information content (AvgIpc) is 3.56. The summed E-state index contributed by atoms with van der Waals surface area (Å²) in [7, 11) is 3.33. The highest BCUT2D eigenvalue weighted by Crippen LogP contribution is 2.40. The van der Waals surface area contributed by atoms with E-state index in [1.807, 2.05) is 72.8 Å². The van der Waals surface area contributed by atoms with Gasteiger partial charge in [0.1, 0.15) is 22.8 Å². The van der Waals surface area contributed by atoms with Crippen LogP contribution in [0.2, 0.25) is 0 Å². The van der Waals surface area contributed by atoms with Gasteiger partial charge >= 0.3 is 0 Å². The van der Waals surface area contributed by atoms with Gasteiger partial charge in [-0.15, -0.1) is 0 Å². The van der Waals surface area contributed by atoms with Gasteiger partial charge in [-0.2, -0.15) is 0 Å². The van der Waals surface area contributed by atoms with Crippen LogP contribution >= 0.6 is 0 Å². The molecule has 1 aliphatic heterocycles. The monoisotopic (exact) mass is 476 g/mol. The molecule has 0 radical (unpaired) electrons. The molecule has 0 amide bonds. The van der Waals surface area contributed by atoms with Gasteiger partial charge < -0.3 is 23.4 Å². The molecule has 5 nitrogen and oxygen atoms in total. The van der Waals surface area contributed by atoms with Gasteiger partial charge in [0.15, 0.2) is 11.5 Å². The largest absolute Gasteiger partial charge is 0.497 e. The molecule has 0 aliphatic carbocycles. The third-order valence-corrected chi connectivity index (χ3v) is 6.34. The number of hydrogen-bond acceptors (Lipinski definition) is 5. The van der Waals surface area contributed by atoms with Gasteiger partial charge in [-0.25, -0.2) is 0 Å². The Hall–Kier alpha value is -4.64. The molecule has 0 fully saturated rings. The lowest BCUT2D eigenvalue weighted by Gasteiger charge is -2.04. The molecule has 0 saturated carbocycles. The van der Waals surface area contributed by atoms with Gasteiger partial charge in [0.05, 0.1) is 14.2 Å². The summed E-state index contributed by atoms with van der Waals surface area (Å²) >= 11 is 0. The summed E-state index contributed by atoms with van der Waals surface area (Å²) < 4.78 is 28.1. The van der Waals surface area contributed by atoms with Crippen LogP contribution in [-0.2, 0) is 0 Å². The van der Waals surface area contributed by atoms with E-state index in [4.69, 9.17) is 23.4 Å².